The maximum atomic E-state index is 12.1. The van der Waals surface area contributed by atoms with Gasteiger partial charge in [0.05, 0.1) is 11.4 Å². The first-order valence-corrected chi connectivity index (χ1v) is 7.08. The fourth-order valence-corrected chi connectivity index (χ4v) is 2.55. The Bertz CT molecular complexity index is 508. The highest BCUT2D eigenvalue weighted by molar-refractivity contribution is 7.15. The second-order valence-corrected chi connectivity index (χ2v) is 5.28. The molecule has 6 nitrogen and oxygen atoms in total. The van der Waals surface area contributed by atoms with Crippen molar-refractivity contribution in [3.63, 3.8) is 0 Å². The second kappa shape index (κ2) is 7.04. The van der Waals surface area contributed by atoms with Crippen molar-refractivity contribution in [2.45, 2.75) is 13.8 Å². The topological polar surface area (TPSA) is 77.9 Å². The summed E-state index contributed by atoms with van der Waals surface area (Å²) in [6, 6.07) is 2.86. The summed E-state index contributed by atoms with van der Waals surface area (Å²) in [7, 11) is 1.53. The standard InChI is InChI=1S/C13H18N2O4S/c1-4-15(5-2)11(16)8-14(3)12(17)9-6-7-10(20-9)13(18)19/h6-7H,4-5,8H2,1-3H3,(H,18,19). The number of carbonyl (C=O) groups is 3. The maximum Gasteiger partial charge on any atom is 0.345 e. The van der Waals surface area contributed by atoms with Gasteiger partial charge >= 0.3 is 5.97 Å². The highest BCUT2D eigenvalue weighted by Crippen LogP contribution is 2.18. The van der Waals surface area contributed by atoms with E-state index in [1.165, 1.54) is 24.1 Å². The molecule has 110 valence electrons. The molecule has 1 rings (SSSR count). The molecule has 1 N–H and O–H groups in total. The molecule has 2 amide bonds. The molecule has 0 atom stereocenters. The van der Waals surface area contributed by atoms with Crippen LogP contribution in [0.5, 0.6) is 0 Å². The summed E-state index contributed by atoms with van der Waals surface area (Å²) in [4.78, 5) is 38.1. The van der Waals surface area contributed by atoms with Gasteiger partial charge in [0, 0.05) is 20.1 Å². The van der Waals surface area contributed by atoms with Crippen molar-refractivity contribution < 1.29 is 19.5 Å². The third-order valence-electron chi connectivity index (χ3n) is 2.86. The van der Waals surface area contributed by atoms with E-state index in [-0.39, 0.29) is 23.2 Å². The highest BCUT2D eigenvalue weighted by Gasteiger charge is 2.20. The van der Waals surface area contributed by atoms with E-state index in [1.54, 1.807) is 4.90 Å². The van der Waals surface area contributed by atoms with Gasteiger partial charge in [-0.25, -0.2) is 4.79 Å². The molecule has 0 saturated carbocycles. The minimum atomic E-state index is -1.06. The minimum absolute atomic E-state index is 0.0131. The number of aromatic carboxylic acids is 1. The number of thiophene rings is 1. The van der Waals surface area contributed by atoms with Crippen molar-refractivity contribution in [2.24, 2.45) is 0 Å². The molecule has 0 saturated heterocycles. The fourth-order valence-electron chi connectivity index (χ4n) is 1.71. The number of hydrogen-bond acceptors (Lipinski definition) is 4. The van der Waals surface area contributed by atoms with E-state index in [0.29, 0.717) is 18.0 Å². The van der Waals surface area contributed by atoms with Crippen molar-refractivity contribution >= 4 is 29.1 Å². The molecule has 1 aromatic rings. The quantitative estimate of drug-likeness (QED) is 0.861. The molecule has 20 heavy (non-hydrogen) atoms. The van der Waals surface area contributed by atoms with Crippen LogP contribution >= 0.6 is 11.3 Å². The smallest absolute Gasteiger partial charge is 0.345 e. The Balaban J connectivity index is 2.71. The number of carbonyl (C=O) groups excluding carboxylic acids is 2. The predicted molar refractivity (Wildman–Crippen MR) is 76.2 cm³/mol. The Morgan fingerprint density at radius 2 is 1.70 bits per heavy atom. The lowest BCUT2D eigenvalue weighted by molar-refractivity contribution is -0.131. The first-order chi connectivity index (χ1) is 9.40. The molecule has 0 unspecified atom stereocenters. The van der Waals surface area contributed by atoms with Gasteiger partial charge in [0.2, 0.25) is 5.91 Å². The van der Waals surface area contributed by atoms with E-state index in [4.69, 9.17) is 5.11 Å². The molecule has 0 fully saturated rings. The van der Waals surface area contributed by atoms with Crippen LogP contribution in [0.15, 0.2) is 12.1 Å². The number of rotatable bonds is 6. The third-order valence-corrected chi connectivity index (χ3v) is 3.92. The Hall–Kier alpha value is -1.89. The predicted octanol–water partition coefficient (Wildman–Crippen LogP) is 1.39. The van der Waals surface area contributed by atoms with Crippen molar-refractivity contribution in [3.8, 4) is 0 Å². The van der Waals surface area contributed by atoms with Gasteiger partial charge in [0.25, 0.3) is 5.91 Å². The van der Waals surface area contributed by atoms with Crippen molar-refractivity contribution in [1.29, 1.82) is 0 Å². The van der Waals surface area contributed by atoms with Crippen LogP contribution in [0.2, 0.25) is 0 Å². The van der Waals surface area contributed by atoms with Gasteiger partial charge in [-0.2, -0.15) is 0 Å². The van der Waals surface area contributed by atoms with Crippen LogP contribution in [0.4, 0.5) is 0 Å². The van der Waals surface area contributed by atoms with Crippen molar-refractivity contribution in [2.75, 3.05) is 26.7 Å². The van der Waals surface area contributed by atoms with Gasteiger partial charge in [-0.05, 0) is 26.0 Å². The normalized spacial score (nSPS) is 10.2. The van der Waals surface area contributed by atoms with Gasteiger partial charge in [0.1, 0.15) is 4.88 Å². The molecule has 0 bridgehead atoms. The molecule has 0 radical (unpaired) electrons. The Morgan fingerprint density at radius 1 is 1.15 bits per heavy atom. The fraction of sp³-hybridized carbons (Fsp3) is 0.462. The molecule has 0 aliphatic carbocycles. The van der Waals surface area contributed by atoms with Crippen LogP contribution in [0.25, 0.3) is 0 Å². The zero-order chi connectivity index (χ0) is 15.3. The molecular formula is C13H18N2O4S. The zero-order valence-corrected chi connectivity index (χ0v) is 12.6. The first-order valence-electron chi connectivity index (χ1n) is 6.27. The maximum absolute atomic E-state index is 12.1. The van der Waals surface area contributed by atoms with Crippen LogP contribution in [0.1, 0.15) is 33.2 Å². The van der Waals surface area contributed by atoms with Gasteiger partial charge in [-0.15, -0.1) is 11.3 Å². The van der Waals surface area contributed by atoms with Crippen LogP contribution in [0.3, 0.4) is 0 Å². The first kappa shape index (κ1) is 16.2. The monoisotopic (exact) mass is 298 g/mol. The van der Waals surface area contributed by atoms with E-state index in [0.717, 1.165) is 11.3 Å². The van der Waals surface area contributed by atoms with E-state index in [1.807, 2.05) is 13.8 Å². The summed E-state index contributed by atoms with van der Waals surface area (Å²) >= 11 is 0.909. The number of hydrogen-bond donors (Lipinski definition) is 1. The Labute approximate surface area is 121 Å². The number of nitrogens with zero attached hydrogens (tertiary/aromatic N) is 2. The zero-order valence-electron chi connectivity index (χ0n) is 11.8. The summed E-state index contributed by atoms with van der Waals surface area (Å²) in [5.74, 6) is -1.53. The van der Waals surface area contributed by atoms with E-state index in [9.17, 15) is 14.4 Å². The van der Waals surface area contributed by atoms with E-state index in [2.05, 4.69) is 0 Å². The molecule has 1 heterocycles. The number of carboxylic acid groups (broad SMARTS) is 1. The largest absolute Gasteiger partial charge is 0.477 e. The van der Waals surface area contributed by atoms with Crippen molar-refractivity contribution in [3.05, 3.63) is 21.9 Å². The average Bonchev–Trinajstić information content (AvgIpc) is 2.88. The second-order valence-electron chi connectivity index (χ2n) is 4.20. The average molecular weight is 298 g/mol. The summed E-state index contributed by atoms with van der Waals surface area (Å²) in [6.45, 7) is 4.93. The summed E-state index contributed by atoms with van der Waals surface area (Å²) in [5, 5.41) is 8.83. The molecule has 0 aliphatic rings. The van der Waals surface area contributed by atoms with Gasteiger partial charge in [0.15, 0.2) is 0 Å². The molecule has 0 aliphatic heterocycles. The van der Waals surface area contributed by atoms with Gasteiger partial charge < -0.3 is 14.9 Å². The minimum Gasteiger partial charge on any atom is -0.477 e. The number of carboxylic acids is 1. The number of amides is 2. The third kappa shape index (κ3) is 3.80. The van der Waals surface area contributed by atoms with Gasteiger partial charge in [-0.1, -0.05) is 0 Å². The number of likely N-dealkylation sites (N-methyl/N-ethyl adjacent to an activating group) is 2. The molecule has 0 spiro atoms. The van der Waals surface area contributed by atoms with Gasteiger partial charge in [-0.3, -0.25) is 9.59 Å². The Morgan fingerprint density at radius 3 is 2.15 bits per heavy atom. The Kier molecular flexibility index (Phi) is 5.69. The van der Waals surface area contributed by atoms with E-state index < -0.39 is 5.97 Å². The summed E-state index contributed by atoms with van der Waals surface area (Å²) < 4.78 is 0. The lowest BCUT2D eigenvalue weighted by atomic mass is 10.3. The van der Waals surface area contributed by atoms with Crippen LogP contribution in [-0.2, 0) is 4.79 Å². The van der Waals surface area contributed by atoms with Crippen LogP contribution in [0, 0.1) is 0 Å². The lowest BCUT2D eigenvalue weighted by Crippen LogP contribution is -2.40. The van der Waals surface area contributed by atoms with Crippen LogP contribution < -0.4 is 0 Å². The lowest BCUT2D eigenvalue weighted by Gasteiger charge is -2.22. The summed E-state index contributed by atoms with van der Waals surface area (Å²) in [5.41, 5.74) is 0. The van der Waals surface area contributed by atoms with Crippen molar-refractivity contribution in [1.82, 2.24) is 9.80 Å². The molecular weight excluding hydrogens is 280 g/mol. The SMILES string of the molecule is CCN(CC)C(=O)CN(C)C(=O)c1ccc(C(=O)O)s1. The molecule has 0 aromatic carbocycles. The molecule has 1 aromatic heterocycles. The van der Waals surface area contributed by atoms with E-state index >= 15 is 0 Å². The highest BCUT2D eigenvalue weighted by atomic mass is 32.1. The summed E-state index contributed by atoms with van der Waals surface area (Å²) in [6.07, 6.45) is 0. The molecule has 7 heteroatoms. The van der Waals surface area contributed by atoms with Crippen LogP contribution in [-0.4, -0.2) is 59.4 Å².